The van der Waals surface area contributed by atoms with Crippen LogP contribution in [0.1, 0.15) is 35.9 Å². The van der Waals surface area contributed by atoms with Crippen molar-refractivity contribution in [2.75, 3.05) is 44.3 Å². The minimum absolute atomic E-state index is 0.0196. The summed E-state index contributed by atoms with van der Waals surface area (Å²) in [6.45, 7) is 12.8. The van der Waals surface area contributed by atoms with Crippen molar-refractivity contribution in [1.29, 1.82) is 0 Å². The summed E-state index contributed by atoms with van der Waals surface area (Å²) in [6.07, 6.45) is 3.05. The van der Waals surface area contributed by atoms with Crippen molar-refractivity contribution in [2.45, 2.75) is 45.3 Å². The Bertz CT molecular complexity index is 824. The molecule has 0 atom stereocenters. The van der Waals surface area contributed by atoms with E-state index in [1.54, 1.807) is 0 Å². The number of aryl methyl sites for hydroxylation is 2. The van der Waals surface area contributed by atoms with Gasteiger partial charge in [-0.2, -0.15) is 0 Å². The van der Waals surface area contributed by atoms with Crippen molar-refractivity contribution in [2.24, 2.45) is 0 Å². The first-order chi connectivity index (χ1) is 14.5. The number of hydrogen-bond acceptors (Lipinski definition) is 6. The molecule has 30 heavy (non-hydrogen) atoms. The first kappa shape index (κ1) is 22.7. The van der Waals surface area contributed by atoms with Crippen LogP contribution < -0.4 is 5.32 Å². The quantitative estimate of drug-likeness (QED) is 0.514. The number of amides is 1. The van der Waals surface area contributed by atoms with E-state index in [4.69, 9.17) is 0 Å². The van der Waals surface area contributed by atoms with Crippen LogP contribution >= 0.6 is 11.8 Å². The molecular formula is C23H33N5OS. The highest BCUT2D eigenvalue weighted by molar-refractivity contribution is 7.98. The molecule has 162 valence electrons. The smallest absolute Gasteiger partial charge is 0.224 e. The Hall–Kier alpha value is -1.96. The van der Waals surface area contributed by atoms with Gasteiger partial charge >= 0.3 is 0 Å². The van der Waals surface area contributed by atoms with Gasteiger partial charge in [0.1, 0.15) is 0 Å². The van der Waals surface area contributed by atoms with Crippen molar-refractivity contribution >= 4 is 23.4 Å². The van der Waals surface area contributed by atoms with Crippen LogP contribution in [0.5, 0.6) is 0 Å². The van der Waals surface area contributed by atoms with Crippen LogP contribution in [0.3, 0.4) is 0 Å². The fourth-order valence-electron chi connectivity index (χ4n) is 3.84. The first-order valence-corrected chi connectivity index (χ1v) is 11.9. The van der Waals surface area contributed by atoms with E-state index in [1.807, 2.05) is 32.2 Å². The van der Waals surface area contributed by atoms with Crippen LogP contribution in [0.2, 0.25) is 0 Å². The number of thioether (sulfide) groups is 1. The van der Waals surface area contributed by atoms with Gasteiger partial charge in [-0.1, -0.05) is 30.8 Å². The van der Waals surface area contributed by atoms with Crippen LogP contribution in [0.15, 0.2) is 29.4 Å². The van der Waals surface area contributed by atoms with Gasteiger partial charge in [-0.25, -0.2) is 9.97 Å². The maximum Gasteiger partial charge on any atom is 0.224 e. The highest BCUT2D eigenvalue weighted by Gasteiger charge is 2.15. The van der Waals surface area contributed by atoms with E-state index in [0.717, 1.165) is 67.1 Å². The second kappa shape index (κ2) is 10.9. The third kappa shape index (κ3) is 6.27. The molecule has 0 saturated carbocycles. The summed E-state index contributed by atoms with van der Waals surface area (Å²) in [5.41, 5.74) is 5.13. The molecule has 3 rings (SSSR count). The number of nitrogens with zero attached hydrogens (tertiary/aromatic N) is 4. The lowest BCUT2D eigenvalue weighted by Crippen LogP contribution is -2.45. The Morgan fingerprint density at radius 2 is 1.63 bits per heavy atom. The van der Waals surface area contributed by atoms with Gasteiger partial charge in [0.2, 0.25) is 5.91 Å². The van der Waals surface area contributed by atoms with Gasteiger partial charge in [-0.3, -0.25) is 9.69 Å². The van der Waals surface area contributed by atoms with Crippen LogP contribution in [-0.2, 0) is 17.8 Å². The number of piperazine rings is 1. The summed E-state index contributed by atoms with van der Waals surface area (Å²) in [6, 6.07) is 8.24. The van der Waals surface area contributed by atoms with Crippen molar-refractivity contribution in [3.63, 3.8) is 0 Å². The molecule has 1 amide bonds. The topological polar surface area (TPSA) is 61.4 Å². The van der Waals surface area contributed by atoms with Gasteiger partial charge in [0.15, 0.2) is 5.16 Å². The highest BCUT2D eigenvalue weighted by Crippen LogP contribution is 2.18. The van der Waals surface area contributed by atoms with E-state index in [9.17, 15) is 4.79 Å². The molecule has 1 fully saturated rings. The summed E-state index contributed by atoms with van der Waals surface area (Å²) in [5.74, 6) is 0.0196. The minimum atomic E-state index is 0.0196. The normalized spacial score (nSPS) is 15.3. The molecule has 0 radical (unpaired) electrons. The van der Waals surface area contributed by atoms with Gasteiger partial charge in [-0.15, -0.1) is 0 Å². The van der Waals surface area contributed by atoms with Crippen LogP contribution in [-0.4, -0.2) is 64.7 Å². The summed E-state index contributed by atoms with van der Waals surface area (Å²) in [5, 5.41) is 3.80. The number of hydrogen-bond donors (Lipinski definition) is 1. The van der Waals surface area contributed by atoms with E-state index in [0.29, 0.717) is 12.8 Å². The van der Waals surface area contributed by atoms with Gasteiger partial charge in [0.05, 0.1) is 0 Å². The Balaban J connectivity index is 1.48. The SMILES string of the molecule is CCN1CCN(Cc2ccc(NC(=O)CCc3c(C)nc(SC)nc3C)cc2)CC1. The van der Waals surface area contributed by atoms with E-state index >= 15 is 0 Å². The fourth-order valence-corrected chi connectivity index (χ4v) is 4.30. The Morgan fingerprint density at radius 1 is 1.03 bits per heavy atom. The third-order valence-corrected chi connectivity index (χ3v) is 6.29. The fraction of sp³-hybridized carbons (Fsp3) is 0.522. The zero-order valence-corrected chi connectivity index (χ0v) is 19.4. The third-order valence-electron chi connectivity index (χ3n) is 5.74. The molecule has 1 aliphatic heterocycles. The van der Waals surface area contributed by atoms with Crippen molar-refractivity contribution in [1.82, 2.24) is 19.8 Å². The molecule has 0 aliphatic carbocycles. The molecule has 0 spiro atoms. The molecule has 2 heterocycles. The lowest BCUT2D eigenvalue weighted by atomic mass is 10.1. The number of likely N-dealkylation sites (N-methyl/N-ethyl adjacent to an activating group) is 1. The van der Waals surface area contributed by atoms with Crippen LogP contribution in [0.4, 0.5) is 5.69 Å². The molecule has 6 nitrogen and oxygen atoms in total. The Labute approximate surface area is 184 Å². The number of carbonyl (C=O) groups excluding carboxylic acids is 1. The zero-order chi connectivity index (χ0) is 21.5. The lowest BCUT2D eigenvalue weighted by molar-refractivity contribution is -0.116. The molecule has 1 aromatic carbocycles. The number of anilines is 1. The average Bonchev–Trinajstić information content (AvgIpc) is 2.75. The second-order valence-electron chi connectivity index (χ2n) is 7.82. The molecule has 1 aliphatic rings. The maximum absolute atomic E-state index is 12.4. The predicted molar refractivity (Wildman–Crippen MR) is 124 cm³/mol. The number of aromatic nitrogens is 2. The average molecular weight is 428 g/mol. The van der Waals surface area contributed by atoms with E-state index in [1.165, 1.54) is 17.3 Å². The molecule has 0 bridgehead atoms. The molecular weight excluding hydrogens is 394 g/mol. The van der Waals surface area contributed by atoms with Crippen LogP contribution in [0, 0.1) is 13.8 Å². The number of rotatable bonds is 8. The van der Waals surface area contributed by atoms with Gasteiger partial charge in [0, 0.05) is 56.2 Å². The van der Waals surface area contributed by atoms with E-state index in [2.05, 4.69) is 44.1 Å². The van der Waals surface area contributed by atoms with Gasteiger partial charge in [-0.05, 0) is 56.3 Å². The molecule has 1 saturated heterocycles. The summed E-state index contributed by atoms with van der Waals surface area (Å²) in [7, 11) is 0. The van der Waals surface area contributed by atoms with Crippen molar-refractivity contribution in [3.8, 4) is 0 Å². The standard InChI is InChI=1S/C23H33N5OS/c1-5-27-12-14-28(15-13-27)16-19-6-8-20(9-7-19)26-22(29)11-10-21-17(2)24-23(30-4)25-18(21)3/h6-9H,5,10-16H2,1-4H3,(H,26,29). The van der Waals surface area contributed by atoms with E-state index in [-0.39, 0.29) is 5.91 Å². The van der Waals surface area contributed by atoms with Gasteiger partial charge < -0.3 is 10.2 Å². The predicted octanol–water partition coefficient (Wildman–Crippen LogP) is 3.52. The van der Waals surface area contributed by atoms with Gasteiger partial charge in [0.25, 0.3) is 0 Å². The Kier molecular flexibility index (Phi) is 8.24. The second-order valence-corrected chi connectivity index (χ2v) is 8.59. The molecule has 1 aromatic heterocycles. The largest absolute Gasteiger partial charge is 0.326 e. The summed E-state index contributed by atoms with van der Waals surface area (Å²) >= 11 is 1.54. The van der Waals surface area contributed by atoms with Crippen molar-refractivity contribution < 1.29 is 4.79 Å². The number of nitrogens with one attached hydrogen (secondary N) is 1. The summed E-state index contributed by atoms with van der Waals surface area (Å²) < 4.78 is 0. The van der Waals surface area contributed by atoms with E-state index < -0.39 is 0 Å². The molecule has 1 N–H and O–H groups in total. The maximum atomic E-state index is 12.4. The Morgan fingerprint density at radius 3 is 2.20 bits per heavy atom. The molecule has 7 heteroatoms. The number of benzene rings is 1. The number of carbonyl (C=O) groups is 1. The lowest BCUT2D eigenvalue weighted by Gasteiger charge is -2.34. The highest BCUT2D eigenvalue weighted by atomic mass is 32.2. The zero-order valence-electron chi connectivity index (χ0n) is 18.6. The summed E-state index contributed by atoms with van der Waals surface area (Å²) in [4.78, 5) is 26.4. The molecule has 0 unspecified atom stereocenters. The van der Waals surface area contributed by atoms with Crippen molar-refractivity contribution in [3.05, 3.63) is 46.8 Å². The molecule has 2 aromatic rings. The minimum Gasteiger partial charge on any atom is -0.326 e. The monoisotopic (exact) mass is 427 g/mol. The first-order valence-electron chi connectivity index (χ1n) is 10.7. The van der Waals surface area contributed by atoms with Crippen LogP contribution in [0.25, 0.3) is 0 Å².